The molecule has 2 aromatic carbocycles. The van der Waals surface area contributed by atoms with Gasteiger partial charge in [-0.2, -0.15) is 0 Å². The zero-order valence-corrected chi connectivity index (χ0v) is 21.1. The first-order valence-corrected chi connectivity index (χ1v) is 11.4. The molecular formula is C27H32N4O3. The number of fused-ring (bicyclic) bond motifs is 1. The first-order chi connectivity index (χ1) is 15.7. The van der Waals surface area contributed by atoms with E-state index in [-0.39, 0.29) is 22.1 Å². The molecule has 0 unspecified atom stereocenters. The average Bonchev–Trinajstić information content (AvgIpc) is 3.17. The summed E-state index contributed by atoms with van der Waals surface area (Å²) in [7, 11) is 1.46. The molecule has 0 fully saturated rings. The van der Waals surface area contributed by atoms with Gasteiger partial charge >= 0.3 is 5.69 Å². The van der Waals surface area contributed by atoms with Gasteiger partial charge in [-0.05, 0) is 42.0 Å². The summed E-state index contributed by atoms with van der Waals surface area (Å²) < 4.78 is 2.55. The Morgan fingerprint density at radius 2 is 1.44 bits per heavy atom. The van der Waals surface area contributed by atoms with E-state index < -0.39 is 11.2 Å². The van der Waals surface area contributed by atoms with E-state index in [2.05, 4.69) is 9.97 Å². The molecule has 4 aromatic rings. The molecule has 2 aromatic heterocycles. The van der Waals surface area contributed by atoms with Crippen LogP contribution in [-0.4, -0.2) is 24.2 Å². The molecule has 178 valence electrons. The molecule has 7 heteroatoms. The van der Waals surface area contributed by atoms with Crippen molar-refractivity contribution < 1.29 is 5.11 Å². The third kappa shape index (κ3) is 3.85. The highest BCUT2D eigenvalue weighted by molar-refractivity contribution is 5.78. The largest absolute Gasteiger partial charge is 0.507 e. The minimum absolute atomic E-state index is 0.181. The van der Waals surface area contributed by atoms with Gasteiger partial charge in [-0.1, -0.05) is 59.2 Å². The number of phenolic OH excluding ortho intramolecular Hbond substituents is 1. The second-order valence-electron chi connectivity index (χ2n) is 11.0. The van der Waals surface area contributed by atoms with E-state index >= 15 is 0 Å². The number of rotatable bonds is 2. The smallest absolute Gasteiger partial charge is 0.337 e. The third-order valence-electron chi connectivity index (χ3n) is 6.19. The van der Waals surface area contributed by atoms with Crippen LogP contribution in [0.5, 0.6) is 5.75 Å². The number of hydrogen-bond donors (Lipinski definition) is 2. The van der Waals surface area contributed by atoms with Gasteiger partial charge in [0.25, 0.3) is 5.56 Å². The van der Waals surface area contributed by atoms with Crippen molar-refractivity contribution in [2.45, 2.75) is 59.3 Å². The zero-order valence-electron chi connectivity index (χ0n) is 21.1. The average molecular weight is 461 g/mol. The number of imidazole rings is 1. The second-order valence-corrected chi connectivity index (χ2v) is 11.0. The molecule has 0 aliphatic rings. The van der Waals surface area contributed by atoms with Crippen LogP contribution in [0, 0.1) is 6.92 Å². The lowest BCUT2D eigenvalue weighted by Gasteiger charge is -2.28. The van der Waals surface area contributed by atoms with Gasteiger partial charge in [0.1, 0.15) is 11.6 Å². The van der Waals surface area contributed by atoms with Crippen LogP contribution in [-0.2, 0) is 17.9 Å². The molecule has 0 aliphatic heterocycles. The van der Waals surface area contributed by atoms with Gasteiger partial charge in [0, 0.05) is 23.7 Å². The summed E-state index contributed by atoms with van der Waals surface area (Å²) in [6, 6.07) is 11.3. The first kappa shape index (κ1) is 23.5. The Morgan fingerprint density at radius 1 is 0.912 bits per heavy atom. The quantitative estimate of drug-likeness (QED) is 0.454. The molecule has 0 atom stereocenters. The summed E-state index contributed by atoms with van der Waals surface area (Å²) in [5.74, 6) is 0.738. The van der Waals surface area contributed by atoms with Crippen LogP contribution >= 0.6 is 0 Å². The Bertz CT molecular complexity index is 1490. The number of hydrogen-bond acceptors (Lipinski definition) is 4. The van der Waals surface area contributed by atoms with Crippen molar-refractivity contribution in [1.82, 2.24) is 19.1 Å². The molecule has 0 amide bonds. The van der Waals surface area contributed by atoms with Gasteiger partial charge in [0.05, 0.1) is 5.69 Å². The van der Waals surface area contributed by atoms with E-state index in [1.807, 2.05) is 84.9 Å². The van der Waals surface area contributed by atoms with Crippen molar-refractivity contribution in [2.75, 3.05) is 0 Å². The van der Waals surface area contributed by atoms with Gasteiger partial charge in [0.15, 0.2) is 11.2 Å². The first-order valence-electron chi connectivity index (χ1n) is 11.4. The molecule has 0 radical (unpaired) electrons. The summed E-state index contributed by atoms with van der Waals surface area (Å²) in [6.07, 6.45) is 0. The molecule has 2 N–H and O–H groups in total. The maximum Gasteiger partial charge on any atom is 0.337 e. The topological polar surface area (TPSA) is 92.9 Å². The van der Waals surface area contributed by atoms with E-state index in [0.29, 0.717) is 17.2 Å². The normalized spacial score (nSPS) is 12.5. The second kappa shape index (κ2) is 7.72. The highest BCUT2D eigenvalue weighted by Crippen LogP contribution is 2.41. The van der Waals surface area contributed by atoms with Crippen LogP contribution in [0.2, 0.25) is 0 Å². The Morgan fingerprint density at radius 3 is 1.94 bits per heavy atom. The molecule has 34 heavy (non-hydrogen) atoms. The number of benzene rings is 2. The number of aryl methyl sites for hydroxylation is 1. The van der Waals surface area contributed by atoms with Gasteiger partial charge in [-0.25, -0.2) is 14.3 Å². The molecule has 2 heterocycles. The molecule has 7 nitrogen and oxygen atoms in total. The highest BCUT2D eigenvalue weighted by atomic mass is 16.3. The summed E-state index contributed by atoms with van der Waals surface area (Å²) in [6.45, 7) is 14.2. The summed E-state index contributed by atoms with van der Waals surface area (Å²) in [5.41, 5.74) is 3.02. The fourth-order valence-electron chi connectivity index (χ4n) is 4.15. The summed E-state index contributed by atoms with van der Waals surface area (Å²) >= 11 is 0. The predicted molar refractivity (Wildman–Crippen MR) is 136 cm³/mol. The number of aromatic hydroxyl groups is 1. The van der Waals surface area contributed by atoms with Gasteiger partial charge in [-0.3, -0.25) is 9.36 Å². The fourth-order valence-corrected chi connectivity index (χ4v) is 4.15. The van der Waals surface area contributed by atoms with Crippen molar-refractivity contribution in [1.29, 1.82) is 0 Å². The van der Waals surface area contributed by atoms with Crippen LogP contribution in [0.1, 0.15) is 58.2 Å². The summed E-state index contributed by atoms with van der Waals surface area (Å²) in [5, 5.41) is 11.1. The fraction of sp³-hybridized carbons (Fsp3) is 0.370. The van der Waals surface area contributed by atoms with Gasteiger partial charge in [0.2, 0.25) is 0 Å². The Hall–Kier alpha value is -3.61. The maximum absolute atomic E-state index is 13.1. The van der Waals surface area contributed by atoms with Crippen LogP contribution in [0.4, 0.5) is 0 Å². The van der Waals surface area contributed by atoms with E-state index in [1.54, 1.807) is 0 Å². The van der Waals surface area contributed by atoms with Crippen LogP contribution in [0.3, 0.4) is 0 Å². The molecule has 4 rings (SSSR count). The lowest BCUT2D eigenvalue weighted by molar-refractivity contribution is 0.423. The highest BCUT2D eigenvalue weighted by Gasteiger charge is 2.28. The van der Waals surface area contributed by atoms with Crippen molar-refractivity contribution in [3.8, 4) is 22.8 Å². The molecule has 0 aliphatic carbocycles. The van der Waals surface area contributed by atoms with Gasteiger partial charge < -0.3 is 10.1 Å². The van der Waals surface area contributed by atoms with E-state index in [1.165, 1.54) is 11.6 Å². The molecular weight excluding hydrogens is 428 g/mol. The Kier molecular flexibility index (Phi) is 5.35. The van der Waals surface area contributed by atoms with E-state index in [4.69, 9.17) is 0 Å². The Balaban J connectivity index is 2.07. The lowest BCUT2D eigenvalue weighted by atomic mass is 9.78. The number of nitrogens with zero attached hydrogens (tertiary/aromatic N) is 3. The minimum atomic E-state index is -0.461. The predicted octanol–water partition coefficient (Wildman–Crippen LogP) is 4.69. The molecule has 0 saturated heterocycles. The molecule has 0 spiro atoms. The maximum atomic E-state index is 13.1. The lowest BCUT2D eigenvalue weighted by Crippen LogP contribution is -2.37. The van der Waals surface area contributed by atoms with E-state index in [9.17, 15) is 14.7 Å². The van der Waals surface area contributed by atoms with Crippen molar-refractivity contribution in [3.05, 3.63) is 73.9 Å². The monoisotopic (exact) mass is 460 g/mol. The van der Waals surface area contributed by atoms with Crippen molar-refractivity contribution in [3.63, 3.8) is 0 Å². The van der Waals surface area contributed by atoms with Crippen LogP contribution < -0.4 is 11.2 Å². The minimum Gasteiger partial charge on any atom is -0.507 e. The summed E-state index contributed by atoms with van der Waals surface area (Å²) in [4.78, 5) is 33.9. The van der Waals surface area contributed by atoms with E-state index in [0.717, 1.165) is 26.8 Å². The van der Waals surface area contributed by atoms with Crippen LogP contribution in [0.25, 0.3) is 28.2 Å². The molecule has 0 bridgehead atoms. The number of nitrogens with one attached hydrogen (secondary N) is 1. The number of aromatic amines is 1. The number of H-pyrrole nitrogens is 1. The van der Waals surface area contributed by atoms with Gasteiger partial charge in [-0.15, -0.1) is 0 Å². The number of aromatic nitrogens is 4. The Labute approximate surface area is 198 Å². The van der Waals surface area contributed by atoms with Crippen LogP contribution in [0.15, 0.2) is 46.0 Å². The number of phenols is 1. The van der Waals surface area contributed by atoms with Crippen molar-refractivity contribution in [2.24, 2.45) is 7.05 Å². The van der Waals surface area contributed by atoms with Crippen molar-refractivity contribution >= 4 is 11.2 Å². The standard InChI is InChI=1S/C27H32N4O3/c1-15-9-11-17(12-10-15)31-23-20(24(33)30(8)25(31)34)28-22(29-23)16-13-18(26(2,3)4)21(32)19(14-16)27(5,6)7/h9-14,32H,1-8H3,(H,28,29). The molecule has 0 saturated carbocycles. The third-order valence-corrected chi connectivity index (χ3v) is 6.19. The SMILES string of the molecule is Cc1ccc(-n2c(=O)n(C)c(=O)c3nc(-c4cc(C(C)(C)C)c(O)c(C(C)(C)C)c4)[nH]c32)cc1. The zero-order chi connectivity index (χ0) is 25.2.